The second-order valence-corrected chi connectivity index (χ2v) is 7.21. The fourth-order valence-electron chi connectivity index (χ4n) is 3.37. The van der Waals surface area contributed by atoms with Crippen molar-refractivity contribution in [2.24, 2.45) is 0 Å². The van der Waals surface area contributed by atoms with Crippen molar-refractivity contribution in [2.75, 3.05) is 0 Å². The molecular weight excluding hydrogens is 336 g/mol. The number of nitrogens with one attached hydrogen (secondary N) is 1. The van der Waals surface area contributed by atoms with Crippen molar-refractivity contribution in [3.05, 3.63) is 58.0 Å². The van der Waals surface area contributed by atoms with Crippen LogP contribution in [0.15, 0.2) is 46.8 Å². The minimum Gasteiger partial charge on any atom is -0.349 e. The van der Waals surface area contributed by atoms with E-state index in [0.717, 1.165) is 35.9 Å². The highest BCUT2D eigenvalue weighted by molar-refractivity contribution is 7.16. The van der Waals surface area contributed by atoms with Crippen molar-refractivity contribution in [3.63, 3.8) is 0 Å². The van der Waals surface area contributed by atoms with Gasteiger partial charge >= 0.3 is 0 Å². The predicted octanol–water partition coefficient (Wildman–Crippen LogP) is 2.77. The molecule has 0 aliphatic heterocycles. The molecule has 6 nitrogen and oxygen atoms in total. The molecule has 1 fully saturated rings. The van der Waals surface area contributed by atoms with Crippen molar-refractivity contribution in [2.45, 2.75) is 37.8 Å². The largest absolute Gasteiger partial charge is 0.349 e. The Kier molecular flexibility index (Phi) is 4.31. The molecule has 1 N–H and O–H groups in total. The number of thiazole rings is 1. The third kappa shape index (κ3) is 3.32. The lowest BCUT2D eigenvalue weighted by molar-refractivity contribution is 0.0921. The Balaban J connectivity index is 1.39. The van der Waals surface area contributed by atoms with E-state index in [1.807, 2.05) is 18.2 Å². The van der Waals surface area contributed by atoms with Crippen molar-refractivity contribution >= 4 is 27.5 Å². The van der Waals surface area contributed by atoms with Crippen molar-refractivity contribution in [1.82, 2.24) is 20.1 Å². The van der Waals surface area contributed by atoms with Crippen LogP contribution in [0.4, 0.5) is 0 Å². The van der Waals surface area contributed by atoms with E-state index < -0.39 is 0 Å². The summed E-state index contributed by atoms with van der Waals surface area (Å²) in [6, 6.07) is 9.04. The minimum absolute atomic E-state index is 0.0475. The number of nitrogens with zero attached hydrogens (tertiary/aromatic N) is 3. The van der Waals surface area contributed by atoms with Gasteiger partial charge in [-0.15, -0.1) is 11.3 Å². The van der Waals surface area contributed by atoms with Crippen LogP contribution in [0.2, 0.25) is 0 Å². The summed E-state index contributed by atoms with van der Waals surface area (Å²) in [7, 11) is 0. The molecule has 1 amide bonds. The normalized spacial score (nSPS) is 20.5. The van der Waals surface area contributed by atoms with Crippen LogP contribution in [-0.2, 0) is 0 Å². The molecule has 1 aromatic carbocycles. The number of rotatable bonds is 3. The highest BCUT2D eigenvalue weighted by atomic mass is 32.1. The summed E-state index contributed by atoms with van der Waals surface area (Å²) < 4.78 is 2.58. The predicted molar refractivity (Wildman–Crippen MR) is 96.9 cm³/mol. The van der Waals surface area contributed by atoms with Crippen LogP contribution in [-0.4, -0.2) is 26.7 Å². The second kappa shape index (κ2) is 6.76. The molecule has 7 heteroatoms. The highest BCUT2D eigenvalue weighted by Crippen LogP contribution is 2.27. The van der Waals surface area contributed by atoms with Crippen LogP contribution >= 0.6 is 11.3 Å². The lowest BCUT2D eigenvalue weighted by atomic mass is 9.91. The Bertz CT molecular complexity index is 957. The molecule has 0 atom stereocenters. The second-order valence-electron chi connectivity index (χ2n) is 6.32. The average molecular weight is 354 g/mol. The third-order valence-corrected chi connectivity index (χ3v) is 5.50. The Labute approximate surface area is 148 Å². The van der Waals surface area contributed by atoms with Gasteiger partial charge in [-0.05, 0) is 49.9 Å². The molecule has 1 aliphatic carbocycles. The Morgan fingerprint density at radius 3 is 2.84 bits per heavy atom. The van der Waals surface area contributed by atoms with Gasteiger partial charge in [-0.2, -0.15) is 5.10 Å². The summed E-state index contributed by atoms with van der Waals surface area (Å²) in [6.45, 7) is 0. The molecule has 0 spiro atoms. The zero-order chi connectivity index (χ0) is 17.2. The van der Waals surface area contributed by atoms with E-state index in [0.29, 0.717) is 5.56 Å². The van der Waals surface area contributed by atoms with Gasteiger partial charge in [0, 0.05) is 23.9 Å². The molecule has 25 heavy (non-hydrogen) atoms. The molecule has 0 bridgehead atoms. The monoisotopic (exact) mass is 354 g/mol. The van der Waals surface area contributed by atoms with Crippen LogP contribution in [0, 0.1) is 0 Å². The summed E-state index contributed by atoms with van der Waals surface area (Å²) >= 11 is 1.53. The lowest BCUT2D eigenvalue weighted by Gasteiger charge is -2.29. The number of hydrogen-bond donors (Lipinski definition) is 1. The Morgan fingerprint density at radius 1 is 1.20 bits per heavy atom. The fraction of sp³-hybridized carbons (Fsp3) is 0.333. The number of aromatic nitrogens is 3. The maximum Gasteiger partial charge on any atom is 0.266 e. The van der Waals surface area contributed by atoms with Crippen LogP contribution < -0.4 is 10.9 Å². The SMILES string of the molecule is O=C(NC1CCC(n2ncccc2=O)CC1)c1ccc2ncsc2c1. The van der Waals surface area contributed by atoms with E-state index in [4.69, 9.17) is 0 Å². The first-order valence-electron chi connectivity index (χ1n) is 8.38. The van der Waals surface area contributed by atoms with Gasteiger partial charge in [0.25, 0.3) is 11.5 Å². The van der Waals surface area contributed by atoms with Gasteiger partial charge in [0.1, 0.15) is 0 Å². The molecular formula is C18H18N4O2S. The van der Waals surface area contributed by atoms with E-state index in [-0.39, 0.29) is 23.6 Å². The minimum atomic E-state index is -0.0622. The van der Waals surface area contributed by atoms with Crippen molar-refractivity contribution < 1.29 is 4.79 Å². The summed E-state index contributed by atoms with van der Waals surface area (Å²) in [4.78, 5) is 28.6. The first-order chi connectivity index (χ1) is 12.2. The van der Waals surface area contributed by atoms with E-state index >= 15 is 0 Å². The quantitative estimate of drug-likeness (QED) is 0.785. The average Bonchev–Trinajstić information content (AvgIpc) is 3.10. The molecule has 0 unspecified atom stereocenters. The molecule has 0 saturated heterocycles. The molecule has 2 heterocycles. The first-order valence-corrected chi connectivity index (χ1v) is 9.26. The zero-order valence-corrected chi connectivity index (χ0v) is 14.4. The number of carbonyl (C=O) groups is 1. The maximum absolute atomic E-state index is 12.5. The van der Waals surface area contributed by atoms with E-state index in [2.05, 4.69) is 15.4 Å². The zero-order valence-electron chi connectivity index (χ0n) is 13.6. The van der Waals surface area contributed by atoms with Gasteiger partial charge in [-0.3, -0.25) is 9.59 Å². The van der Waals surface area contributed by atoms with Crippen molar-refractivity contribution in [3.8, 4) is 0 Å². The number of benzene rings is 1. The Hall–Kier alpha value is -2.54. The van der Waals surface area contributed by atoms with Crippen molar-refractivity contribution in [1.29, 1.82) is 0 Å². The molecule has 1 aliphatic rings. The van der Waals surface area contributed by atoms with Gasteiger partial charge in [0.2, 0.25) is 0 Å². The molecule has 0 radical (unpaired) electrons. The van der Waals surface area contributed by atoms with Gasteiger partial charge in [-0.25, -0.2) is 9.67 Å². The summed E-state index contributed by atoms with van der Waals surface area (Å²) in [6.07, 6.45) is 5.03. The number of fused-ring (bicyclic) bond motifs is 1. The van der Waals surface area contributed by atoms with E-state index in [1.165, 1.54) is 17.4 Å². The standard InChI is InChI=1S/C18H18N4O2S/c23-17-2-1-9-20-22(17)14-6-4-13(5-7-14)21-18(24)12-3-8-15-16(10-12)25-11-19-15/h1-3,8-11,13-14H,4-7H2,(H,21,24). The first kappa shape index (κ1) is 16.0. The fourth-order valence-corrected chi connectivity index (χ4v) is 4.09. The smallest absolute Gasteiger partial charge is 0.266 e. The van der Waals surface area contributed by atoms with E-state index in [9.17, 15) is 9.59 Å². The molecule has 4 rings (SSSR count). The molecule has 1 saturated carbocycles. The molecule has 3 aromatic rings. The maximum atomic E-state index is 12.5. The number of hydrogen-bond acceptors (Lipinski definition) is 5. The summed E-state index contributed by atoms with van der Waals surface area (Å²) in [5, 5.41) is 7.29. The topological polar surface area (TPSA) is 76.9 Å². The summed E-state index contributed by atoms with van der Waals surface area (Å²) in [5.41, 5.74) is 3.31. The number of amides is 1. The third-order valence-electron chi connectivity index (χ3n) is 4.71. The number of carbonyl (C=O) groups excluding carboxylic acids is 1. The molecule has 128 valence electrons. The van der Waals surface area contributed by atoms with Crippen LogP contribution in [0.3, 0.4) is 0 Å². The summed E-state index contributed by atoms with van der Waals surface area (Å²) in [5.74, 6) is -0.0475. The Morgan fingerprint density at radius 2 is 2.04 bits per heavy atom. The van der Waals surface area contributed by atoms with Crippen LogP contribution in [0.1, 0.15) is 42.1 Å². The molecule has 2 aromatic heterocycles. The van der Waals surface area contributed by atoms with Crippen LogP contribution in [0.5, 0.6) is 0 Å². The van der Waals surface area contributed by atoms with Crippen LogP contribution in [0.25, 0.3) is 10.2 Å². The highest BCUT2D eigenvalue weighted by Gasteiger charge is 2.25. The van der Waals surface area contributed by atoms with Gasteiger partial charge in [0.15, 0.2) is 0 Å². The van der Waals surface area contributed by atoms with Gasteiger partial charge in [0.05, 0.1) is 21.8 Å². The lowest BCUT2D eigenvalue weighted by Crippen LogP contribution is -2.39. The van der Waals surface area contributed by atoms with Gasteiger partial charge in [-0.1, -0.05) is 0 Å². The van der Waals surface area contributed by atoms with Gasteiger partial charge < -0.3 is 5.32 Å². The van der Waals surface area contributed by atoms with E-state index in [1.54, 1.807) is 22.5 Å².